The van der Waals surface area contributed by atoms with Crippen molar-refractivity contribution in [3.05, 3.63) is 0 Å². The van der Waals surface area contributed by atoms with E-state index >= 15 is 0 Å². The van der Waals surface area contributed by atoms with Gasteiger partial charge in [0.25, 0.3) is 0 Å². The molecule has 0 aliphatic rings. The molecule has 0 saturated heterocycles. The molecule has 0 saturated carbocycles. The lowest BCUT2D eigenvalue weighted by atomic mass is 10.0. The topological polar surface area (TPSA) is 117 Å². The van der Waals surface area contributed by atoms with Crippen molar-refractivity contribution in [2.45, 2.75) is 225 Å². The van der Waals surface area contributed by atoms with Crippen LogP contribution in [0.5, 0.6) is 0 Å². The smallest absolute Gasteiger partial charge is 0.457 e. The van der Waals surface area contributed by atoms with Crippen LogP contribution in [0.3, 0.4) is 0 Å². The van der Waals surface area contributed by atoms with E-state index in [0.717, 1.165) is 32.1 Å². The van der Waals surface area contributed by atoms with Gasteiger partial charge in [-0.25, -0.2) is 4.57 Å². The number of hydrogen-bond acceptors (Lipinski definition) is 7. The van der Waals surface area contributed by atoms with E-state index in [0.29, 0.717) is 13.0 Å². The molecular formula is C41H84NO7P. The Balaban J connectivity index is 3.71. The van der Waals surface area contributed by atoms with Gasteiger partial charge in [-0.05, 0) is 12.8 Å². The van der Waals surface area contributed by atoms with Crippen LogP contribution in [-0.4, -0.2) is 49.9 Å². The van der Waals surface area contributed by atoms with Gasteiger partial charge in [0.05, 0.1) is 19.8 Å². The molecule has 0 aliphatic carbocycles. The summed E-state index contributed by atoms with van der Waals surface area (Å²) in [6.07, 6.45) is 40.3. The third-order valence-electron chi connectivity index (χ3n) is 9.52. The van der Waals surface area contributed by atoms with Gasteiger partial charge in [-0.2, -0.15) is 0 Å². The fraction of sp³-hybridized carbons (Fsp3) is 0.976. The number of carbonyl (C=O) groups excluding carboxylic acids is 1. The Hall–Kier alpha value is -0.500. The number of carbonyl (C=O) groups is 1. The van der Waals surface area contributed by atoms with E-state index in [2.05, 4.69) is 13.8 Å². The highest BCUT2D eigenvalue weighted by atomic mass is 31.2. The summed E-state index contributed by atoms with van der Waals surface area (Å²) in [6, 6.07) is 0. The number of nitrogens with two attached hydrogens (primary N) is 1. The van der Waals surface area contributed by atoms with Gasteiger partial charge < -0.3 is 20.1 Å². The van der Waals surface area contributed by atoms with Gasteiger partial charge in [-0.15, -0.1) is 0 Å². The summed E-state index contributed by atoms with van der Waals surface area (Å²) in [4.78, 5) is 22.2. The summed E-state index contributed by atoms with van der Waals surface area (Å²) >= 11 is 0. The zero-order valence-electron chi connectivity index (χ0n) is 33.2. The van der Waals surface area contributed by atoms with E-state index in [1.54, 1.807) is 0 Å². The van der Waals surface area contributed by atoms with Gasteiger partial charge in [-0.1, -0.05) is 200 Å². The molecule has 0 spiro atoms. The molecule has 2 unspecified atom stereocenters. The molecule has 0 rings (SSSR count). The standard InChI is InChI=1S/C41H84NO7P/c1-3-5-7-9-11-12-13-14-15-16-17-18-19-20-21-22-23-24-25-26-27-28-29-31-33-36-46-38-40(39-48-50(44,45)47-37-35-42)49-41(43)34-32-30-10-8-6-4-2/h40H,3-39,42H2,1-2H3,(H,44,45). The third kappa shape index (κ3) is 38.7. The first-order chi connectivity index (χ1) is 24.4. The number of esters is 1. The second-order valence-electron chi connectivity index (χ2n) is 14.6. The van der Waals surface area contributed by atoms with Crippen molar-refractivity contribution in [3.8, 4) is 0 Å². The highest BCUT2D eigenvalue weighted by Gasteiger charge is 2.25. The average molecular weight is 734 g/mol. The first-order valence-corrected chi connectivity index (χ1v) is 23.0. The van der Waals surface area contributed by atoms with Crippen molar-refractivity contribution in [2.24, 2.45) is 5.73 Å². The Bertz CT molecular complexity index is 742. The van der Waals surface area contributed by atoms with Crippen LogP contribution in [0.1, 0.15) is 219 Å². The van der Waals surface area contributed by atoms with Crippen molar-refractivity contribution in [2.75, 3.05) is 33.0 Å². The van der Waals surface area contributed by atoms with Crippen molar-refractivity contribution < 1.29 is 32.8 Å². The van der Waals surface area contributed by atoms with Crippen molar-refractivity contribution in [3.63, 3.8) is 0 Å². The van der Waals surface area contributed by atoms with Gasteiger partial charge in [0.1, 0.15) is 6.10 Å². The summed E-state index contributed by atoms with van der Waals surface area (Å²) in [5.74, 6) is -0.335. The lowest BCUT2D eigenvalue weighted by Gasteiger charge is -2.20. The molecule has 8 nitrogen and oxygen atoms in total. The minimum atomic E-state index is -4.26. The van der Waals surface area contributed by atoms with Gasteiger partial charge in [0, 0.05) is 19.6 Å². The highest BCUT2D eigenvalue weighted by molar-refractivity contribution is 7.47. The Morgan fingerprint density at radius 3 is 1.26 bits per heavy atom. The van der Waals surface area contributed by atoms with Crippen LogP contribution < -0.4 is 5.73 Å². The number of rotatable bonds is 42. The Kier molecular flexibility index (Phi) is 39.3. The number of hydrogen-bond donors (Lipinski definition) is 2. The van der Waals surface area contributed by atoms with Crippen LogP contribution in [0.4, 0.5) is 0 Å². The molecule has 0 aromatic carbocycles. The van der Waals surface area contributed by atoms with E-state index in [9.17, 15) is 14.3 Å². The molecule has 0 aliphatic heterocycles. The average Bonchev–Trinajstić information content (AvgIpc) is 3.10. The van der Waals surface area contributed by atoms with Crippen LogP contribution in [-0.2, 0) is 27.9 Å². The molecule has 9 heteroatoms. The summed E-state index contributed by atoms with van der Waals surface area (Å²) in [5, 5.41) is 0. The van der Waals surface area contributed by atoms with Crippen LogP contribution in [0.2, 0.25) is 0 Å². The van der Waals surface area contributed by atoms with Gasteiger partial charge in [0.15, 0.2) is 0 Å². The van der Waals surface area contributed by atoms with E-state index in [1.807, 2.05) is 0 Å². The second-order valence-corrected chi connectivity index (χ2v) is 16.0. The summed E-state index contributed by atoms with van der Waals surface area (Å²) in [7, 11) is -4.26. The van der Waals surface area contributed by atoms with E-state index in [-0.39, 0.29) is 32.3 Å². The highest BCUT2D eigenvalue weighted by Crippen LogP contribution is 2.43. The Morgan fingerprint density at radius 2 is 0.880 bits per heavy atom. The number of phosphoric acid groups is 1. The quantitative estimate of drug-likeness (QED) is 0.0362. The molecule has 2 atom stereocenters. The molecule has 0 amide bonds. The van der Waals surface area contributed by atoms with Crippen molar-refractivity contribution in [1.29, 1.82) is 0 Å². The van der Waals surface area contributed by atoms with E-state index in [1.165, 1.54) is 167 Å². The SMILES string of the molecule is CCCCCCCCCCCCCCCCCCCCCCCCCCCOCC(COP(=O)(O)OCCN)OC(=O)CCCCCCCC. The van der Waals surface area contributed by atoms with Gasteiger partial charge >= 0.3 is 13.8 Å². The summed E-state index contributed by atoms with van der Waals surface area (Å²) in [5.41, 5.74) is 5.34. The monoisotopic (exact) mass is 734 g/mol. The van der Waals surface area contributed by atoms with E-state index in [4.69, 9.17) is 24.3 Å². The van der Waals surface area contributed by atoms with Gasteiger partial charge in [-0.3, -0.25) is 13.8 Å². The molecule has 0 fully saturated rings. The van der Waals surface area contributed by atoms with Crippen LogP contribution >= 0.6 is 7.82 Å². The maximum absolute atomic E-state index is 12.4. The lowest BCUT2D eigenvalue weighted by molar-refractivity contribution is -0.154. The lowest BCUT2D eigenvalue weighted by Crippen LogP contribution is -2.28. The summed E-state index contributed by atoms with van der Waals surface area (Å²) in [6.45, 7) is 4.90. The normalized spacial score (nSPS) is 13.4. The number of ether oxygens (including phenoxy) is 2. The molecular weight excluding hydrogens is 649 g/mol. The molecule has 300 valence electrons. The molecule has 0 bridgehead atoms. The predicted octanol–water partition coefficient (Wildman–Crippen LogP) is 12.5. The zero-order valence-corrected chi connectivity index (χ0v) is 34.1. The number of phosphoric ester groups is 1. The molecule has 0 radical (unpaired) electrons. The third-order valence-corrected chi connectivity index (χ3v) is 10.5. The minimum absolute atomic E-state index is 0.0909. The van der Waals surface area contributed by atoms with Crippen molar-refractivity contribution >= 4 is 13.8 Å². The Morgan fingerprint density at radius 1 is 0.520 bits per heavy atom. The van der Waals surface area contributed by atoms with Crippen LogP contribution in [0, 0.1) is 0 Å². The Labute approximate surface area is 310 Å². The van der Waals surface area contributed by atoms with Crippen molar-refractivity contribution in [1.82, 2.24) is 0 Å². The maximum atomic E-state index is 12.4. The molecule has 0 heterocycles. The second kappa shape index (κ2) is 39.7. The first-order valence-electron chi connectivity index (χ1n) is 21.5. The first kappa shape index (κ1) is 49.5. The van der Waals surface area contributed by atoms with Crippen LogP contribution in [0.15, 0.2) is 0 Å². The zero-order chi connectivity index (χ0) is 36.6. The fourth-order valence-corrected chi connectivity index (χ4v) is 7.12. The fourth-order valence-electron chi connectivity index (χ4n) is 6.35. The maximum Gasteiger partial charge on any atom is 0.472 e. The predicted molar refractivity (Wildman–Crippen MR) is 211 cm³/mol. The summed E-state index contributed by atoms with van der Waals surface area (Å²) < 4.78 is 33.2. The van der Waals surface area contributed by atoms with Gasteiger partial charge in [0.2, 0.25) is 0 Å². The minimum Gasteiger partial charge on any atom is -0.457 e. The molecule has 50 heavy (non-hydrogen) atoms. The van der Waals surface area contributed by atoms with E-state index < -0.39 is 13.9 Å². The number of unbranched alkanes of at least 4 members (excludes halogenated alkanes) is 29. The molecule has 0 aromatic rings. The van der Waals surface area contributed by atoms with Crippen LogP contribution in [0.25, 0.3) is 0 Å². The largest absolute Gasteiger partial charge is 0.472 e. The molecule has 3 N–H and O–H groups in total. The molecule has 0 aromatic heterocycles.